The number of amides is 1. The summed E-state index contributed by atoms with van der Waals surface area (Å²) in [7, 11) is 0. The Morgan fingerprint density at radius 3 is 2.82 bits per heavy atom. The molecular formula is C28H33N3O2. The van der Waals surface area contributed by atoms with Crippen LogP contribution in [-0.4, -0.2) is 33.6 Å². The minimum Gasteiger partial charge on any atom is -0.361 e. The standard InChI is InChI=1S/C28H33N3O2/c32-28(30-33)15-11-20-10-13-25-21(18-20)12-14-27(25)31(23-6-2-1-3-7-23)17-16-22-19-29-26-9-5-4-8-24(22)26/h4-5,8-11,13,15,18-19,23,27,29,33H,1-3,6-7,12,14,16-17H2,(H,30,32). The maximum atomic E-state index is 11.3. The van der Waals surface area contributed by atoms with Crippen molar-refractivity contribution in [2.45, 2.75) is 63.5 Å². The number of aromatic nitrogens is 1. The maximum absolute atomic E-state index is 11.3. The molecule has 172 valence electrons. The lowest BCUT2D eigenvalue weighted by molar-refractivity contribution is -0.124. The summed E-state index contributed by atoms with van der Waals surface area (Å²) in [5.41, 5.74) is 8.11. The van der Waals surface area contributed by atoms with E-state index in [1.54, 1.807) is 11.6 Å². The second-order valence-electron chi connectivity index (χ2n) is 9.46. The number of carbonyl (C=O) groups excluding carboxylic acids is 1. The van der Waals surface area contributed by atoms with E-state index < -0.39 is 5.91 Å². The van der Waals surface area contributed by atoms with Crippen LogP contribution < -0.4 is 5.48 Å². The molecule has 1 saturated carbocycles. The Hall–Kier alpha value is -2.89. The van der Waals surface area contributed by atoms with Crippen molar-refractivity contribution >= 4 is 22.9 Å². The highest BCUT2D eigenvalue weighted by Gasteiger charge is 2.33. The largest absolute Gasteiger partial charge is 0.361 e. The SMILES string of the molecule is O=C(C=Cc1ccc2c(c1)CCC2N(CCc1c[nH]c2ccccc12)C1CCCCC1)NO. The Morgan fingerprint density at radius 1 is 1.12 bits per heavy atom. The van der Waals surface area contributed by atoms with Crippen molar-refractivity contribution in [1.29, 1.82) is 0 Å². The Bertz CT molecular complexity index is 1140. The van der Waals surface area contributed by atoms with Gasteiger partial charge in [-0.25, -0.2) is 5.48 Å². The van der Waals surface area contributed by atoms with Gasteiger partial charge in [0.1, 0.15) is 0 Å². The van der Waals surface area contributed by atoms with Gasteiger partial charge in [0.25, 0.3) is 5.91 Å². The molecule has 1 fully saturated rings. The van der Waals surface area contributed by atoms with E-state index in [0.717, 1.165) is 31.4 Å². The summed E-state index contributed by atoms with van der Waals surface area (Å²) in [6, 6.07) is 16.3. The first kappa shape index (κ1) is 21.9. The van der Waals surface area contributed by atoms with Crippen LogP contribution in [0.3, 0.4) is 0 Å². The monoisotopic (exact) mass is 443 g/mol. The number of nitrogens with one attached hydrogen (secondary N) is 2. The van der Waals surface area contributed by atoms with E-state index in [1.165, 1.54) is 65.8 Å². The third-order valence-electron chi connectivity index (χ3n) is 7.51. The molecule has 1 atom stereocenters. The molecule has 33 heavy (non-hydrogen) atoms. The van der Waals surface area contributed by atoms with Gasteiger partial charge in [-0.15, -0.1) is 0 Å². The number of carbonyl (C=O) groups is 1. The highest BCUT2D eigenvalue weighted by Crippen LogP contribution is 2.40. The first-order valence-electron chi connectivity index (χ1n) is 12.3. The summed E-state index contributed by atoms with van der Waals surface area (Å²) in [5, 5.41) is 10.1. The minimum absolute atomic E-state index is 0.465. The predicted octanol–water partition coefficient (Wildman–Crippen LogP) is 5.55. The first-order chi connectivity index (χ1) is 16.2. The maximum Gasteiger partial charge on any atom is 0.267 e. The number of hydrogen-bond donors (Lipinski definition) is 3. The van der Waals surface area contributed by atoms with Crippen molar-refractivity contribution in [3.8, 4) is 0 Å². The van der Waals surface area contributed by atoms with Crippen molar-refractivity contribution < 1.29 is 10.0 Å². The fourth-order valence-corrected chi connectivity index (χ4v) is 5.87. The van der Waals surface area contributed by atoms with Crippen LogP contribution >= 0.6 is 0 Å². The number of nitrogens with zero attached hydrogens (tertiary/aromatic N) is 1. The Morgan fingerprint density at radius 2 is 1.97 bits per heavy atom. The van der Waals surface area contributed by atoms with E-state index in [-0.39, 0.29) is 0 Å². The second kappa shape index (κ2) is 9.94. The molecule has 1 amide bonds. The number of aryl methyl sites for hydroxylation is 1. The van der Waals surface area contributed by atoms with Crippen molar-refractivity contribution in [2.75, 3.05) is 6.54 Å². The molecule has 1 aromatic heterocycles. The van der Waals surface area contributed by atoms with Crippen LogP contribution in [0.25, 0.3) is 17.0 Å². The van der Waals surface area contributed by atoms with Crippen molar-refractivity contribution in [2.24, 2.45) is 0 Å². The van der Waals surface area contributed by atoms with Gasteiger partial charge in [-0.05, 0) is 66.5 Å². The average molecular weight is 444 g/mol. The van der Waals surface area contributed by atoms with E-state index in [4.69, 9.17) is 5.21 Å². The number of aromatic amines is 1. The minimum atomic E-state index is -0.505. The van der Waals surface area contributed by atoms with Crippen LogP contribution in [-0.2, 0) is 17.6 Å². The lowest BCUT2D eigenvalue weighted by atomic mass is 9.91. The van der Waals surface area contributed by atoms with Crippen LogP contribution in [0, 0.1) is 0 Å². The lowest BCUT2D eigenvalue weighted by Crippen LogP contribution is -2.40. The van der Waals surface area contributed by atoms with E-state index in [1.807, 2.05) is 0 Å². The molecule has 0 bridgehead atoms. The zero-order valence-electron chi connectivity index (χ0n) is 19.1. The molecule has 5 nitrogen and oxygen atoms in total. The summed E-state index contributed by atoms with van der Waals surface area (Å²) in [5.74, 6) is -0.505. The molecule has 1 heterocycles. The molecule has 5 heteroatoms. The van der Waals surface area contributed by atoms with Crippen LogP contribution in [0.15, 0.2) is 54.7 Å². The molecule has 2 aliphatic carbocycles. The van der Waals surface area contributed by atoms with E-state index >= 15 is 0 Å². The molecule has 2 aliphatic rings. The quantitative estimate of drug-likeness (QED) is 0.255. The highest BCUT2D eigenvalue weighted by molar-refractivity contribution is 5.90. The molecule has 1 unspecified atom stereocenters. The van der Waals surface area contributed by atoms with Crippen molar-refractivity contribution in [3.05, 3.63) is 77.0 Å². The van der Waals surface area contributed by atoms with Gasteiger partial charge in [0.2, 0.25) is 0 Å². The predicted molar refractivity (Wildman–Crippen MR) is 132 cm³/mol. The number of rotatable bonds is 7. The van der Waals surface area contributed by atoms with Gasteiger partial charge < -0.3 is 4.98 Å². The van der Waals surface area contributed by atoms with Crippen molar-refractivity contribution in [1.82, 2.24) is 15.4 Å². The number of fused-ring (bicyclic) bond motifs is 2. The molecular weight excluding hydrogens is 410 g/mol. The number of para-hydroxylation sites is 1. The summed E-state index contributed by atoms with van der Waals surface area (Å²) in [4.78, 5) is 17.6. The molecule has 3 aromatic rings. The van der Waals surface area contributed by atoms with Gasteiger partial charge in [-0.3, -0.25) is 14.9 Å². The Kier molecular flexibility index (Phi) is 6.60. The van der Waals surface area contributed by atoms with Gasteiger partial charge in [0.15, 0.2) is 0 Å². The summed E-state index contributed by atoms with van der Waals surface area (Å²) in [6.45, 7) is 1.08. The van der Waals surface area contributed by atoms with Gasteiger partial charge in [0.05, 0.1) is 0 Å². The van der Waals surface area contributed by atoms with Gasteiger partial charge in [-0.1, -0.05) is 55.7 Å². The molecule has 3 N–H and O–H groups in total. The lowest BCUT2D eigenvalue weighted by Gasteiger charge is -2.39. The topological polar surface area (TPSA) is 68.4 Å². The Balaban J connectivity index is 1.37. The van der Waals surface area contributed by atoms with E-state index in [2.05, 4.69) is 58.5 Å². The smallest absolute Gasteiger partial charge is 0.267 e. The molecule has 0 saturated heterocycles. The normalized spacial score (nSPS) is 18.9. The van der Waals surface area contributed by atoms with Crippen LogP contribution in [0.4, 0.5) is 0 Å². The molecule has 0 aliphatic heterocycles. The van der Waals surface area contributed by atoms with E-state index in [9.17, 15) is 4.79 Å². The average Bonchev–Trinajstić information content (AvgIpc) is 3.47. The van der Waals surface area contributed by atoms with Gasteiger partial charge in [-0.2, -0.15) is 0 Å². The fraction of sp³-hybridized carbons (Fsp3) is 0.393. The van der Waals surface area contributed by atoms with Crippen LogP contribution in [0.1, 0.15) is 66.8 Å². The first-order valence-corrected chi connectivity index (χ1v) is 12.3. The summed E-state index contributed by atoms with van der Waals surface area (Å²) < 4.78 is 0. The van der Waals surface area contributed by atoms with Crippen LogP contribution in [0.2, 0.25) is 0 Å². The van der Waals surface area contributed by atoms with Gasteiger partial charge >= 0.3 is 0 Å². The molecule has 2 aromatic carbocycles. The summed E-state index contributed by atoms with van der Waals surface area (Å²) in [6.07, 6.45) is 15.2. The molecule has 5 rings (SSSR count). The van der Waals surface area contributed by atoms with Crippen LogP contribution in [0.5, 0.6) is 0 Å². The number of hydroxylamine groups is 1. The fourth-order valence-electron chi connectivity index (χ4n) is 5.87. The number of hydrogen-bond acceptors (Lipinski definition) is 3. The third kappa shape index (κ3) is 4.75. The zero-order valence-corrected chi connectivity index (χ0v) is 19.1. The Labute approximate surface area is 195 Å². The number of H-pyrrole nitrogens is 1. The molecule has 0 radical (unpaired) electrons. The molecule has 0 spiro atoms. The van der Waals surface area contributed by atoms with Gasteiger partial charge in [0, 0.05) is 41.8 Å². The highest BCUT2D eigenvalue weighted by atomic mass is 16.5. The second-order valence-corrected chi connectivity index (χ2v) is 9.46. The zero-order chi connectivity index (χ0) is 22.6. The number of benzene rings is 2. The van der Waals surface area contributed by atoms with Crippen molar-refractivity contribution in [3.63, 3.8) is 0 Å². The summed E-state index contributed by atoms with van der Waals surface area (Å²) >= 11 is 0. The van der Waals surface area contributed by atoms with E-state index in [0.29, 0.717) is 12.1 Å². The third-order valence-corrected chi connectivity index (χ3v) is 7.51.